The number of hydrogen-bond donors (Lipinski definition) is 0. The van der Waals surface area contributed by atoms with Crippen molar-refractivity contribution in [2.24, 2.45) is 0 Å². The third kappa shape index (κ3) is 87.9. The molecule has 0 nitrogen and oxygen atoms in total. The third-order valence-electron chi connectivity index (χ3n) is 0. The molecule has 0 atom stereocenters. The maximum atomic E-state index is 4.89. The summed E-state index contributed by atoms with van der Waals surface area (Å²) in [4.78, 5) is 0. The SMILES string of the molecule is [Cl][Ge][Cl].[Cl][Ge][Cl].[Cl][Ge][Cl]. The molecule has 0 amide bonds. The van der Waals surface area contributed by atoms with Gasteiger partial charge < -0.3 is 0 Å². The molecule has 9 heteroatoms. The summed E-state index contributed by atoms with van der Waals surface area (Å²) in [6, 6.07) is 0. The average Bonchev–Trinajstić information content (AvgIpc) is 1.70. The van der Waals surface area contributed by atoms with Crippen molar-refractivity contribution in [1.29, 1.82) is 0 Å². The molecular formula is Cl6Ge3. The Labute approximate surface area is 99.1 Å². The van der Waals surface area contributed by atoms with Gasteiger partial charge in [-0.25, -0.2) is 0 Å². The van der Waals surface area contributed by atoms with Crippen molar-refractivity contribution in [3.63, 3.8) is 0 Å². The van der Waals surface area contributed by atoms with Crippen LogP contribution < -0.4 is 0 Å². The van der Waals surface area contributed by atoms with Crippen LogP contribution in [0.5, 0.6) is 0 Å². The van der Waals surface area contributed by atoms with Crippen molar-refractivity contribution >= 4 is 101 Å². The number of halogens is 6. The summed E-state index contributed by atoms with van der Waals surface area (Å²) in [5.74, 6) is 0. The predicted molar refractivity (Wildman–Crippen MR) is 52.4 cm³/mol. The van der Waals surface area contributed by atoms with Crippen LogP contribution in [0, 0.1) is 0 Å². The summed E-state index contributed by atoms with van der Waals surface area (Å²) >= 11 is -1.67. The van der Waals surface area contributed by atoms with E-state index in [0.29, 0.717) is 0 Å². The van der Waals surface area contributed by atoms with Gasteiger partial charge in [0.15, 0.2) is 0 Å². The van der Waals surface area contributed by atoms with Gasteiger partial charge in [0.2, 0.25) is 0 Å². The normalized spacial score (nSPS) is 6.00. The third-order valence-corrected chi connectivity index (χ3v) is 0. The van der Waals surface area contributed by atoms with E-state index >= 15 is 0 Å². The van der Waals surface area contributed by atoms with Crippen LogP contribution in [0.4, 0.5) is 0 Å². The quantitative estimate of drug-likeness (QED) is 0.519. The second-order valence-electron chi connectivity index (χ2n) is 0.214. The van der Waals surface area contributed by atoms with E-state index in [-0.39, 0.29) is 0 Å². The molecule has 0 aliphatic heterocycles. The van der Waals surface area contributed by atoms with Crippen molar-refractivity contribution in [3.8, 4) is 0 Å². The van der Waals surface area contributed by atoms with E-state index in [4.69, 9.17) is 60.1 Å². The fraction of sp³-hybridized carbons (Fsp3) is 0. The first-order valence-corrected chi connectivity index (χ1v) is 17.7. The molecule has 0 spiro atoms. The van der Waals surface area contributed by atoms with Gasteiger partial charge >= 0.3 is 101 Å². The first-order valence-electron chi connectivity index (χ1n) is 1.13. The van der Waals surface area contributed by atoms with Crippen molar-refractivity contribution in [3.05, 3.63) is 0 Å². The fourth-order valence-electron chi connectivity index (χ4n) is 0. The molecule has 0 aliphatic carbocycles. The Kier molecular flexibility index (Phi) is 61.0. The van der Waals surface area contributed by atoms with E-state index in [0.717, 1.165) is 0 Å². The van der Waals surface area contributed by atoms with Crippen LogP contribution in [-0.2, 0) is 0 Å². The molecular weight excluding hydrogens is 431 g/mol. The van der Waals surface area contributed by atoms with Gasteiger partial charge in [0.25, 0.3) is 0 Å². The van der Waals surface area contributed by atoms with Crippen molar-refractivity contribution in [2.45, 2.75) is 0 Å². The molecule has 0 aromatic carbocycles. The predicted octanol–water partition coefficient (Wildman–Crippen LogP) is 2.99. The van der Waals surface area contributed by atoms with E-state index in [9.17, 15) is 0 Å². The summed E-state index contributed by atoms with van der Waals surface area (Å²) in [6.07, 6.45) is 0. The summed E-state index contributed by atoms with van der Waals surface area (Å²) < 4.78 is 0. The molecule has 6 radical (unpaired) electrons. The van der Waals surface area contributed by atoms with Gasteiger partial charge in [-0.15, -0.1) is 0 Å². The molecule has 0 saturated heterocycles. The molecule has 0 fully saturated rings. The van der Waals surface area contributed by atoms with E-state index in [1.165, 1.54) is 0 Å². The summed E-state index contributed by atoms with van der Waals surface area (Å²) in [7, 11) is 29.3. The van der Waals surface area contributed by atoms with Crippen molar-refractivity contribution in [1.82, 2.24) is 0 Å². The maximum absolute atomic E-state index is 4.89. The molecule has 0 N–H and O–H groups in total. The van der Waals surface area contributed by atoms with Crippen LogP contribution in [0.3, 0.4) is 0 Å². The molecule has 0 aromatic rings. The molecule has 54 valence electrons. The number of rotatable bonds is 0. The summed E-state index contributed by atoms with van der Waals surface area (Å²) in [5.41, 5.74) is 0. The summed E-state index contributed by atoms with van der Waals surface area (Å²) in [6.45, 7) is 0. The second-order valence-corrected chi connectivity index (χ2v) is 10.0. The van der Waals surface area contributed by atoms with Crippen LogP contribution in [0.15, 0.2) is 0 Å². The van der Waals surface area contributed by atoms with Gasteiger partial charge in [-0.05, 0) is 0 Å². The van der Waals surface area contributed by atoms with Crippen LogP contribution in [-0.4, -0.2) is 40.7 Å². The molecule has 0 rings (SSSR count). The fourth-order valence-corrected chi connectivity index (χ4v) is 0. The zero-order valence-electron chi connectivity index (χ0n) is 3.77. The van der Waals surface area contributed by atoms with Crippen LogP contribution >= 0.6 is 60.1 Å². The van der Waals surface area contributed by atoms with E-state index in [1.54, 1.807) is 0 Å². The molecule has 0 unspecified atom stereocenters. The number of hydrogen-bond acceptors (Lipinski definition) is 0. The Hall–Kier alpha value is 3.37. The van der Waals surface area contributed by atoms with Gasteiger partial charge in [-0.3, -0.25) is 0 Å². The Morgan fingerprint density at radius 1 is 0.444 bits per heavy atom. The first kappa shape index (κ1) is 18.2. The molecule has 0 aliphatic rings. The Morgan fingerprint density at radius 2 is 0.444 bits per heavy atom. The minimum atomic E-state index is -0.556. The topological polar surface area (TPSA) is 0 Å². The molecule has 0 heterocycles. The van der Waals surface area contributed by atoms with E-state index in [1.807, 2.05) is 0 Å². The molecule has 0 bridgehead atoms. The standard InChI is InChI=1S/3Cl2Ge/c3*1-3-2. The van der Waals surface area contributed by atoms with Crippen LogP contribution in [0.25, 0.3) is 0 Å². The van der Waals surface area contributed by atoms with Crippen LogP contribution in [0.1, 0.15) is 0 Å². The van der Waals surface area contributed by atoms with Crippen LogP contribution in [0.2, 0.25) is 0 Å². The Balaban J connectivity index is -0.0000000600. The second kappa shape index (κ2) is 30.1. The van der Waals surface area contributed by atoms with Gasteiger partial charge in [0.05, 0.1) is 0 Å². The average molecular weight is 431 g/mol. The van der Waals surface area contributed by atoms with Gasteiger partial charge in [-0.1, -0.05) is 0 Å². The molecule has 0 aromatic heterocycles. The molecule has 0 saturated carbocycles. The van der Waals surface area contributed by atoms with Crippen molar-refractivity contribution < 1.29 is 0 Å². The minimum absolute atomic E-state index is 0.556. The zero-order valence-corrected chi connectivity index (χ0v) is 14.6. The van der Waals surface area contributed by atoms with Crippen molar-refractivity contribution in [2.75, 3.05) is 0 Å². The monoisotopic (exact) mass is 432 g/mol. The van der Waals surface area contributed by atoms with Gasteiger partial charge in [-0.2, -0.15) is 0 Å². The van der Waals surface area contributed by atoms with Gasteiger partial charge in [0.1, 0.15) is 0 Å². The first-order chi connectivity index (χ1) is 4.24. The summed E-state index contributed by atoms with van der Waals surface area (Å²) in [5, 5.41) is 0. The Bertz CT molecular complexity index is 13.0. The Morgan fingerprint density at radius 3 is 0.444 bits per heavy atom. The van der Waals surface area contributed by atoms with E-state index in [2.05, 4.69) is 0 Å². The van der Waals surface area contributed by atoms with E-state index < -0.39 is 40.7 Å². The van der Waals surface area contributed by atoms with Gasteiger partial charge in [0, 0.05) is 0 Å². The zero-order chi connectivity index (χ0) is 8.12. The molecule has 9 heavy (non-hydrogen) atoms.